The molecule has 104 valence electrons. The molecule has 0 spiro atoms. The van der Waals surface area contributed by atoms with Crippen LogP contribution in [0.15, 0.2) is 18.7 Å². The summed E-state index contributed by atoms with van der Waals surface area (Å²) in [4.78, 5) is 0. The summed E-state index contributed by atoms with van der Waals surface area (Å²) in [7, 11) is -6.54. The van der Waals surface area contributed by atoms with E-state index in [2.05, 4.69) is 3.63 Å². The Labute approximate surface area is 107 Å². The molecule has 1 aromatic rings. The third-order valence-electron chi connectivity index (χ3n) is 2.21. The Kier molecular flexibility index (Phi) is 4.51. The van der Waals surface area contributed by atoms with Crippen LogP contribution < -0.4 is 4.57 Å². The molecule has 0 aliphatic rings. The molecular weight excluding hydrogens is 280 g/mol. The van der Waals surface area contributed by atoms with Crippen LogP contribution in [0.25, 0.3) is 0 Å². The van der Waals surface area contributed by atoms with Gasteiger partial charge in [-0.15, -0.1) is 3.63 Å². The molecule has 1 heterocycles. The molecule has 0 aliphatic carbocycles. The Bertz CT molecular complexity index is 603. The van der Waals surface area contributed by atoms with E-state index in [4.69, 9.17) is 0 Å². The lowest BCUT2D eigenvalue weighted by Gasteiger charge is -2.12. The normalized spacial score (nSPS) is 14.6. The summed E-state index contributed by atoms with van der Waals surface area (Å²) < 4.78 is 53.1. The minimum atomic E-state index is -4.22. The number of rotatable bonds is 6. The first kappa shape index (κ1) is 15.1. The van der Waals surface area contributed by atoms with Crippen molar-refractivity contribution >= 4 is 20.2 Å². The van der Waals surface area contributed by atoms with Crippen molar-refractivity contribution in [1.29, 1.82) is 0 Å². The van der Waals surface area contributed by atoms with E-state index in [9.17, 15) is 16.8 Å². The second-order valence-electron chi connectivity index (χ2n) is 4.03. The first-order valence-corrected chi connectivity index (χ1v) is 8.62. The third kappa shape index (κ3) is 4.07. The number of aryl methyl sites for hydroxylation is 1. The van der Waals surface area contributed by atoms with Gasteiger partial charge in [-0.3, -0.25) is 0 Å². The van der Waals surface area contributed by atoms with Crippen LogP contribution in [0.4, 0.5) is 0 Å². The van der Waals surface area contributed by atoms with E-state index in [0.717, 1.165) is 0 Å². The van der Waals surface area contributed by atoms with E-state index < -0.39 is 25.6 Å². The highest BCUT2D eigenvalue weighted by Crippen LogP contribution is 2.18. The van der Waals surface area contributed by atoms with Gasteiger partial charge in [0.15, 0.2) is 0 Å². The minimum absolute atomic E-state index is 0.270. The zero-order valence-electron chi connectivity index (χ0n) is 10.5. The van der Waals surface area contributed by atoms with E-state index >= 15 is 0 Å². The van der Waals surface area contributed by atoms with E-state index in [0.29, 0.717) is 12.7 Å². The van der Waals surface area contributed by atoms with Crippen molar-refractivity contribution in [2.75, 3.05) is 6.26 Å². The Morgan fingerprint density at radius 2 is 1.94 bits per heavy atom. The average molecular weight is 297 g/mol. The lowest BCUT2D eigenvalue weighted by Crippen LogP contribution is -2.43. The number of nitrogens with zero attached hydrogens (tertiary/aromatic N) is 2. The van der Waals surface area contributed by atoms with Crippen molar-refractivity contribution in [2.45, 2.75) is 25.1 Å². The summed E-state index contributed by atoms with van der Waals surface area (Å²) in [5, 5.41) is -1.04. The SMILES string of the molecule is CCCC([n+]1ccn(C)c1)S(=O)(=O)OS(C)(=O)=O. The van der Waals surface area contributed by atoms with Crippen molar-refractivity contribution in [3.63, 3.8) is 0 Å². The molecule has 0 N–H and O–H groups in total. The highest BCUT2D eigenvalue weighted by molar-refractivity contribution is 7.99. The first-order valence-electron chi connectivity index (χ1n) is 5.33. The summed E-state index contributed by atoms with van der Waals surface area (Å²) in [6.07, 6.45) is 6.35. The standard InChI is InChI=1S/C9H17N2O5S2/c1-4-5-9(11-7-6-10(2)8-11)18(14,15)16-17(3,12)13/h6-9H,4-5H2,1-3H3/q+1. The van der Waals surface area contributed by atoms with Crippen LogP contribution in [0.3, 0.4) is 0 Å². The monoisotopic (exact) mass is 297 g/mol. The zero-order chi connectivity index (χ0) is 14.0. The van der Waals surface area contributed by atoms with Gasteiger partial charge in [0.2, 0.25) is 11.7 Å². The fraction of sp³-hybridized carbons (Fsp3) is 0.667. The van der Waals surface area contributed by atoms with Crippen LogP contribution in [0.2, 0.25) is 0 Å². The number of hydrogen-bond donors (Lipinski definition) is 0. The molecule has 0 fully saturated rings. The fourth-order valence-corrected chi connectivity index (χ4v) is 4.24. The highest BCUT2D eigenvalue weighted by atomic mass is 32.3. The van der Waals surface area contributed by atoms with Gasteiger partial charge in [0.05, 0.1) is 13.3 Å². The maximum absolute atomic E-state index is 11.9. The minimum Gasteiger partial charge on any atom is -0.240 e. The molecular formula is C9H17N2O5S2+. The molecule has 1 atom stereocenters. The van der Waals surface area contributed by atoms with Crippen molar-refractivity contribution < 1.29 is 25.0 Å². The largest absolute Gasteiger partial charge is 0.324 e. The molecule has 1 aromatic heterocycles. The molecule has 18 heavy (non-hydrogen) atoms. The maximum atomic E-state index is 11.9. The van der Waals surface area contributed by atoms with Crippen molar-refractivity contribution in [1.82, 2.24) is 4.57 Å². The Morgan fingerprint density at radius 3 is 2.33 bits per heavy atom. The lowest BCUT2D eigenvalue weighted by molar-refractivity contribution is -0.702. The molecule has 9 heteroatoms. The summed E-state index contributed by atoms with van der Waals surface area (Å²) in [6, 6.07) is 0. The van der Waals surface area contributed by atoms with Gasteiger partial charge in [0.1, 0.15) is 12.4 Å². The molecule has 1 rings (SSSR count). The number of hydrogen-bond acceptors (Lipinski definition) is 5. The Balaban J connectivity index is 3.13. The summed E-state index contributed by atoms with van der Waals surface area (Å²) in [5.41, 5.74) is 0. The van der Waals surface area contributed by atoms with Gasteiger partial charge < -0.3 is 0 Å². The van der Waals surface area contributed by atoms with Crippen LogP contribution >= 0.6 is 0 Å². The number of imidazole rings is 1. The van der Waals surface area contributed by atoms with Gasteiger partial charge in [-0.2, -0.15) is 16.8 Å². The molecule has 0 amide bonds. The second kappa shape index (κ2) is 5.37. The van der Waals surface area contributed by atoms with Crippen molar-refractivity contribution in [3.8, 4) is 0 Å². The Hall–Kier alpha value is -0.930. The summed E-state index contributed by atoms with van der Waals surface area (Å²) >= 11 is 0. The quantitative estimate of drug-likeness (QED) is 0.685. The molecule has 7 nitrogen and oxygen atoms in total. The van der Waals surface area contributed by atoms with E-state index in [-0.39, 0.29) is 6.42 Å². The summed E-state index contributed by atoms with van der Waals surface area (Å²) in [6.45, 7) is 1.81. The van der Waals surface area contributed by atoms with Gasteiger partial charge in [-0.05, 0) is 0 Å². The van der Waals surface area contributed by atoms with Gasteiger partial charge in [-0.25, -0.2) is 9.13 Å². The van der Waals surface area contributed by atoms with Crippen LogP contribution in [0, 0.1) is 0 Å². The van der Waals surface area contributed by atoms with Crippen LogP contribution in [0.1, 0.15) is 25.1 Å². The van der Waals surface area contributed by atoms with Gasteiger partial charge in [0.25, 0.3) is 10.1 Å². The lowest BCUT2D eigenvalue weighted by atomic mass is 10.3. The molecule has 0 bridgehead atoms. The number of aromatic nitrogens is 2. The molecule has 0 aromatic carbocycles. The second-order valence-corrected chi connectivity index (χ2v) is 7.52. The molecule has 0 saturated carbocycles. The predicted molar refractivity (Wildman–Crippen MR) is 64.4 cm³/mol. The Morgan fingerprint density at radius 1 is 1.33 bits per heavy atom. The van der Waals surface area contributed by atoms with Gasteiger partial charge in [0, 0.05) is 6.42 Å². The smallest absolute Gasteiger partial charge is 0.240 e. The molecule has 0 aliphatic heterocycles. The average Bonchev–Trinajstić information content (AvgIpc) is 2.56. The van der Waals surface area contributed by atoms with Crippen molar-refractivity contribution in [3.05, 3.63) is 18.7 Å². The van der Waals surface area contributed by atoms with Crippen LogP contribution in [-0.2, 0) is 30.9 Å². The maximum Gasteiger partial charge on any atom is 0.324 e. The topological polar surface area (TPSA) is 86.3 Å². The first-order chi connectivity index (χ1) is 8.15. The predicted octanol–water partition coefficient (Wildman–Crippen LogP) is -0.0827. The third-order valence-corrected chi connectivity index (χ3v) is 5.10. The molecule has 0 saturated heterocycles. The summed E-state index contributed by atoms with van der Waals surface area (Å²) in [5.74, 6) is 0. The van der Waals surface area contributed by atoms with E-state index in [1.54, 1.807) is 30.3 Å². The zero-order valence-corrected chi connectivity index (χ0v) is 12.1. The van der Waals surface area contributed by atoms with Crippen molar-refractivity contribution in [2.24, 2.45) is 7.05 Å². The van der Waals surface area contributed by atoms with Gasteiger partial charge in [-0.1, -0.05) is 13.3 Å². The molecule has 0 radical (unpaired) electrons. The molecule has 1 unspecified atom stereocenters. The van der Waals surface area contributed by atoms with E-state index in [1.807, 2.05) is 6.92 Å². The fourth-order valence-electron chi connectivity index (χ4n) is 1.55. The van der Waals surface area contributed by atoms with Crippen LogP contribution in [0.5, 0.6) is 0 Å². The van der Waals surface area contributed by atoms with E-state index in [1.165, 1.54) is 4.57 Å². The van der Waals surface area contributed by atoms with Gasteiger partial charge >= 0.3 is 10.1 Å². The van der Waals surface area contributed by atoms with Crippen LogP contribution in [-0.4, -0.2) is 27.7 Å². The highest BCUT2D eigenvalue weighted by Gasteiger charge is 2.34.